The minimum absolute atomic E-state index is 0.580. The van der Waals surface area contributed by atoms with Crippen molar-refractivity contribution in [2.24, 2.45) is 5.92 Å². The van der Waals surface area contributed by atoms with Crippen LogP contribution < -0.4 is 0 Å². The number of allylic oxidation sites excluding steroid dienone is 1. The average Bonchev–Trinajstić information content (AvgIpc) is 2.63. The van der Waals surface area contributed by atoms with Gasteiger partial charge in [0.1, 0.15) is 0 Å². The van der Waals surface area contributed by atoms with Crippen molar-refractivity contribution in [2.75, 3.05) is 20.1 Å². The summed E-state index contributed by atoms with van der Waals surface area (Å²) in [6.07, 6.45) is 8.79. The molecule has 2 unspecified atom stereocenters. The van der Waals surface area contributed by atoms with Gasteiger partial charge >= 0.3 is 0 Å². The summed E-state index contributed by atoms with van der Waals surface area (Å²) in [5.74, 6) is 0.580. The second kappa shape index (κ2) is 6.65. The number of nitrogens with zero attached hydrogens (tertiary/aromatic N) is 1. The van der Waals surface area contributed by atoms with E-state index in [1.54, 1.807) is 5.57 Å². The molecule has 0 aliphatic carbocycles. The molecule has 1 nitrogen and oxygen atoms in total. The smallest absolute Gasteiger partial charge is 0.181 e. The van der Waals surface area contributed by atoms with E-state index in [2.05, 4.69) is 33.9 Å². The Labute approximate surface area is 112 Å². The number of thiocarbonyl (C=S) groups is 1. The fourth-order valence-corrected chi connectivity index (χ4v) is 3.27. The van der Waals surface area contributed by atoms with Crippen LogP contribution in [0, 0.1) is 5.92 Å². The van der Waals surface area contributed by atoms with Crippen molar-refractivity contribution in [3.8, 4) is 0 Å². The zero-order chi connectivity index (χ0) is 12.9. The van der Waals surface area contributed by atoms with Crippen LogP contribution in [0.5, 0.6) is 0 Å². The highest BCUT2D eigenvalue weighted by atomic mass is 32.1. The van der Waals surface area contributed by atoms with E-state index in [1.807, 2.05) is 0 Å². The molecule has 0 aromatic carbocycles. The molecule has 1 rings (SSSR count). The van der Waals surface area contributed by atoms with E-state index in [-0.39, 0.29) is 0 Å². The lowest BCUT2D eigenvalue weighted by molar-refractivity contribution is -0.809. The summed E-state index contributed by atoms with van der Waals surface area (Å²) in [6.45, 7) is 9.06. The van der Waals surface area contributed by atoms with Gasteiger partial charge in [0.15, 0.2) is 4.99 Å². The van der Waals surface area contributed by atoms with Crippen molar-refractivity contribution in [1.29, 1.82) is 0 Å². The largest absolute Gasteiger partial charge is 0.287 e. The Morgan fingerprint density at radius 1 is 1.41 bits per heavy atom. The highest BCUT2D eigenvalue weighted by Gasteiger charge is 2.41. The highest BCUT2D eigenvalue weighted by Crippen LogP contribution is 2.33. The first-order valence-corrected chi connectivity index (χ1v) is 7.54. The molecule has 0 aromatic rings. The summed E-state index contributed by atoms with van der Waals surface area (Å²) in [5, 5.41) is 0. The van der Waals surface area contributed by atoms with E-state index < -0.39 is 0 Å². The molecular weight excluding hydrogens is 226 g/mol. The van der Waals surface area contributed by atoms with Crippen LogP contribution in [0.15, 0.2) is 11.6 Å². The van der Waals surface area contributed by atoms with E-state index in [1.165, 1.54) is 43.6 Å². The van der Waals surface area contributed by atoms with Crippen LogP contribution in [0.4, 0.5) is 0 Å². The minimum atomic E-state index is 0.580. The monoisotopic (exact) mass is 254 g/mol. The Balaban J connectivity index is 2.63. The standard InChI is InChI=1S/C15H28NS/c1-5-8-9-10-13(6-2)14-11-12-16(4,7-3)15(14)17/h6,14H,5,7-12H2,1-4H3/q+1. The summed E-state index contributed by atoms with van der Waals surface area (Å²) < 4.78 is 1.01. The molecule has 98 valence electrons. The van der Waals surface area contributed by atoms with E-state index in [0.29, 0.717) is 5.92 Å². The van der Waals surface area contributed by atoms with Gasteiger partial charge in [0, 0.05) is 6.42 Å². The predicted octanol–water partition coefficient (Wildman–Crippen LogP) is 4.33. The van der Waals surface area contributed by atoms with Crippen LogP contribution in [-0.4, -0.2) is 29.6 Å². The maximum Gasteiger partial charge on any atom is 0.181 e. The summed E-state index contributed by atoms with van der Waals surface area (Å²) >= 11 is 5.73. The number of unbranched alkanes of at least 4 members (excludes halogenated alkanes) is 2. The SMILES string of the molecule is CC=C(CCCCC)C1CC[N+](C)(CC)C1=S. The molecule has 2 atom stereocenters. The molecule has 0 bridgehead atoms. The van der Waals surface area contributed by atoms with Gasteiger partial charge in [-0.15, -0.1) is 0 Å². The third-order valence-electron chi connectivity index (χ3n) is 4.33. The van der Waals surface area contributed by atoms with Crippen molar-refractivity contribution in [3.63, 3.8) is 0 Å². The lowest BCUT2D eigenvalue weighted by atomic mass is 9.93. The second-order valence-electron chi connectivity index (χ2n) is 5.44. The van der Waals surface area contributed by atoms with E-state index in [0.717, 1.165) is 11.0 Å². The molecule has 1 heterocycles. The molecule has 0 N–H and O–H groups in total. The van der Waals surface area contributed by atoms with E-state index in [4.69, 9.17) is 12.2 Å². The number of quaternary nitrogens is 1. The fraction of sp³-hybridized carbons (Fsp3) is 0.800. The zero-order valence-corrected chi connectivity index (χ0v) is 12.8. The van der Waals surface area contributed by atoms with E-state index >= 15 is 0 Å². The molecule has 0 aromatic heterocycles. The quantitative estimate of drug-likeness (QED) is 0.294. The molecular formula is C15H28NS+. The van der Waals surface area contributed by atoms with Crippen molar-refractivity contribution < 1.29 is 4.48 Å². The second-order valence-corrected chi connectivity index (χ2v) is 5.85. The summed E-state index contributed by atoms with van der Waals surface area (Å²) in [5.41, 5.74) is 1.60. The van der Waals surface area contributed by atoms with Crippen LogP contribution in [0.1, 0.15) is 52.9 Å². The Kier molecular flexibility index (Phi) is 5.81. The van der Waals surface area contributed by atoms with Gasteiger partial charge in [0.2, 0.25) is 0 Å². The third kappa shape index (κ3) is 3.38. The minimum Gasteiger partial charge on any atom is -0.287 e. The number of rotatable bonds is 6. The first-order valence-electron chi connectivity index (χ1n) is 7.13. The summed E-state index contributed by atoms with van der Waals surface area (Å²) in [4.78, 5) is 1.28. The molecule has 1 saturated heterocycles. The van der Waals surface area contributed by atoms with Crippen LogP contribution in [0.2, 0.25) is 0 Å². The molecule has 1 aliphatic heterocycles. The van der Waals surface area contributed by atoms with Crippen molar-refractivity contribution in [1.82, 2.24) is 0 Å². The van der Waals surface area contributed by atoms with Gasteiger partial charge in [-0.2, -0.15) is 0 Å². The Morgan fingerprint density at radius 3 is 2.59 bits per heavy atom. The van der Waals surface area contributed by atoms with E-state index in [9.17, 15) is 0 Å². The predicted molar refractivity (Wildman–Crippen MR) is 80.2 cm³/mol. The lowest BCUT2D eigenvalue weighted by Crippen LogP contribution is -2.45. The first-order chi connectivity index (χ1) is 8.09. The van der Waals surface area contributed by atoms with Crippen LogP contribution in [0.3, 0.4) is 0 Å². The Hall–Kier alpha value is -0.210. The number of hydrogen-bond acceptors (Lipinski definition) is 1. The lowest BCUT2D eigenvalue weighted by Gasteiger charge is -2.28. The summed E-state index contributed by atoms with van der Waals surface area (Å²) in [7, 11) is 2.29. The number of likely N-dealkylation sites (tertiary alicyclic amines) is 1. The van der Waals surface area contributed by atoms with Gasteiger partial charge in [-0.25, -0.2) is 0 Å². The normalized spacial score (nSPS) is 30.0. The van der Waals surface area contributed by atoms with Gasteiger partial charge < -0.3 is 0 Å². The molecule has 1 aliphatic rings. The molecule has 0 amide bonds. The molecule has 0 saturated carbocycles. The first kappa shape index (κ1) is 14.8. The molecule has 2 heteroatoms. The maximum atomic E-state index is 5.73. The molecule has 0 radical (unpaired) electrons. The molecule has 17 heavy (non-hydrogen) atoms. The van der Waals surface area contributed by atoms with Crippen LogP contribution >= 0.6 is 12.2 Å². The zero-order valence-electron chi connectivity index (χ0n) is 12.0. The van der Waals surface area contributed by atoms with Crippen molar-refractivity contribution in [3.05, 3.63) is 11.6 Å². The Morgan fingerprint density at radius 2 is 2.12 bits per heavy atom. The molecule has 1 fully saturated rings. The van der Waals surface area contributed by atoms with Crippen molar-refractivity contribution in [2.45, 2.75) is 52.9 Å². The maximum absolute atomic E-state index is 5.73. The summed E-state index contributed by atoms with van der Waals surface area (Å²) in [6, 6.07) is 0. The Bertz CT molecular complexity index is 295. The van der Waals surface area contributed by atoms with Gasteiger partial charge in [-0.1, -0.05) is 31.4 Å². The van der Waals surface area contributed by atoms with Crippen LogP contribution in [-0.2, 0) is 0 Å². The van der Waals surface area contributed by atoms with Crippen molar-refractivity contribution >= 4 is 17.2 Å². The third-order valence-corrected chi connectivity index (χ3v) is 5.05. The van der Waals surface area contributed by atoms with Gasteiger partial charge in [-0.05, 0) is 38.9 Å². The van der Waals surface area contributed by atoms with Crippen LogP contribution in [0.25, 0.3) is 0 Å². The molecule has 0 spiro atoms. The van der Waals surface area contributed by atoms with Gasteiger partial charge in [0.25, 0.3) is 0 Å². The average molecular weight is 254 g/mol. The van der Waals surface area contributed by atoms with Gasteiger partial charge in [0.05, 0.1) is 26.1 Å². The van der Waals surface area contributed by atoms with Gasteiger partial charge in [-0.3, -0.25) is 4.48 Å². The fourth-order valence-electron chi connectivity index (χ4n) is 2.78. The highest BCUT2D eigenvalue weighted by molar-refractivity contribution is 7.80. The topological polar surface area (TPSA) is 0 Å². The number of hydrogen-bond donors (Lipinski definition) is 0.